The van der Waals surface area contributed by atoms with E-state index in [9.17, 15) is 9.59 Å². The van der Waals surface area contributed by atoms with Crippen LogP contribution in [-0.2, 0) is 11.2 Å². The van der Waals surface area contributed by atoms with Crippen LogP contribution in [-0.4, -0.2) is 20.6 Å². The highest BCUT2D eigenvalue weighted by molar-refractivity contribution is 5.86. The van der Waals surface area contributed by atoms with Crippen molar-refractivity contribution in [2.24, 2.45) is 0 Å². The fraction of sp³-hybridized carbons (Fsp3) is 0.105. The van der Waals surface area contributed by atoms with Crippen LogP contribution in [0.1, 0.15) is 12.0 Å². The molecule has 0 spiro atoms. The number of nitrogens with zero attached hydrogens (tertiary/aromatic N) is 2. The Bertz CT molecular complexity index is 1130. The summed E-state index contributed by atoms with van der Waals surface area (Å²) in [5, 5.41) is 1.58. The van der Waals surface area contributed by atoms with Crippen molar-refractivity contribution in [3.8, 4) is 0 Å². The topological polar surface area (TPSA) is 79.8 Å². The summed E-state index contributed by atoms with van der Waals surface area (Å²) in [5.41, 5.74) is 5.05. The van der Waals surface area contributed by atoms with Gasteiger partial charge in [-0.15, -0.1) is 0 Å². The first-order valence-electron chi connectivity index (χ1n) is 8.03. The lowest BCUT2D eigenvalue weighted by Crippen LogP contribution is -2.33. The van der Waals surface area contributed by atoms with Gasteiger partial charge in [-0.2, -0.15) is 0 Å². The third kappa shape index (κ3) is 2.89. The van der Waals surface area contributed by atoms with Gasteiger partial charge in [0.15, 0.2) is 0 Å². The highest BCUT2D eigenvalue weighted by atomic mass is 16.2. The minimum atomic E-state index is -0.286. The summed E-state index contributed by atoms with van der Waals surface area (Å²) < 4.78 is 1.14. The second-order valence-corrected chi connectivity index (χ2v) is 5.83. The molecule has 0 aliphatic heterocycles. The zero-order valence-corrected chi connectivity index (χ0v) is 13.4. The second-order valence-electron chi connectivity index (χ2n) is 5.83. The van der Waals surface area contributed by atoms with Gasteiger partial charge in [0, 0.05) is 23.5 Å². The van der Waals surface area contributed by atoms with E-state index >= 15 is 0 Å². The van der Waals surface area contributed by atoms with Crippen LogP contribution in [0, 0.1) is 0 Å². The molecule has 0 saturated heterocycles. The Balaban J connectivity index is 1.49. The van der Waals surface area contributed by atoms with Crippen molar-refractivity contribution < 1.29 is 4.79 Å². The standard InChI is InChI=1S/C19H16N4O2/c24-18(10-9-13-11-20-16-7-3-1-5-14(13)16)22-23-12-21-17-8-4-2-6-15(17)19(23)25/h1-8,11-12,20H,9-10H2,(H,22,24). The second kappa shape index (κ2) is 6.24. The maximum absolute atomic E-state index is 12.4. The summed E-state index contributed by atoms with van der Waals surface area (Å²) in [4.78, 5) is 32.0. The lowest BCUT2D eigenvalue weighted by Gasteiger charge is -2.08. The molecule has 2 heterocycles. The van der Waals surface area contributed by atoms with Crippen LogP contribution in [0.2, 0.25) is 0 Å². The fourth-order valence-corrected chi connectivity index (χ4v) is 2.93. The predicted molar refractivity (Wildman–Crippen MR) is 97.0 cm³/mol. The number of aromatic nitrogens is 3. The van der Waals surface area contributed by atoms with Crippen molar-refractivity contribution in [1.82, 2.24) is 14.6 Å². The lowest BCUT2D eigenvalue weighted by molar-refractivity contribution is -0.117. The SMILES string of the molecule is O=C(CCc1c[nH]c2ccccc12)Nn1cnc2ccccc2c1=O. The van der Waals surface area contributed by atoms with Crippen molar-refractivity contribution in [1.29, 1.82) is 0 Å². The third-order valence-electron chi connectivity index (χ3n) is 4.21. The molecule has 2 N–H and O–H groups in total. The number of para-hydroxylation sites is 2. The molecule has 4 aromatic rings. The van der Waals surface area contributed by atoms with E-state index in [1.165, 1.54) is 6.33 Å². The molecule has 6 nitrogen and oxygen atoms in total. The summed E-state index contributed by atoms with van der Waals surface area (Å²) >= 11 is 0. The molecule has 124 valence electrons. The Morgan fingerprint density at radius 3 is 2.72 bits per heavy atom. The Morgan fingerprint density at radius 2 is 1.84 bits per heavy atom. The Morgan fingerprint density at radius 1 is 1.08 bits per heavy atom. The minimum absolute atomic E-state index is 0.232. The smallest absolute Gasteiger partial charge is 0.280 e. The highest BCUT2D eigenvalue weighted by Gasteiger charge is 2.09. The summed E-state index contributed by atoms with van der Waals surface area (Å²) in [7, 11) is 0. The molecule has 0 fully saturated rings. The van der Waals surface area contributed by atoms with E-state index in [0.29, 0.717) is 17.3 Å². The van der Waals surface area contributed by atoms with Crippen molar-refractivity contribution in [2.45, 2.75) is 12.8 Å². The molecule has 0 radical (unpaired) electrons. The van der Waals surface area contributed by atoms with Gasteiger partial charge in [0.05, 0.1) is 10.9 Å². The van der Waals surface area contributed by atoms with Gasteiger partial charge in [0.25, 0.3) is 5.56 Å². The molecule has 0 unspecified atom stereocenters. The maximum Gasteiger partial charge on any atom is 0.280 e. The number of benzene rings is 2. The number of H-pyrrole nitrogens is 1. The molecule has 1 amide bonds. The molecule has 4 rings (SSSR count). The average Bonchev–Trinajstić information content (AvgIpc) is 3.06. The Hall–Kier alpha value is -3.41. The zero-order chi connectivity index (χ0) is 17.2. The summed E-state index contributed by atoms with van der Waals surface area (Å²) in [6.07, 6.45) is 4.13. The number of nitrogens with one attached hydrogen (secondary N) is 2. The normalized spacial score (nSPS) is 11.0. The number of rotatable bonds is 4. The van der Waals surface area contributed by atoms with Crippen LogP contribution < -0.4 is 11.0 Å². The van der Waals surface area contributed by atoms with Gasteiger partial charge in [-0.1, -0.05) is 30.3 Å². The summed E-state index contributed by atoms with van der Waals surface area (Å²) in [6, 6.07) is 15.0. The monoisotopic (exact) mass is 332 g/mol. The number of fused-ring (bicyclic) bond motifs is 2. The van der Waals surface area contributed by atoms with Gasteiger partial charge in [-0.25, -0.2) is 9.66 Å². The van der Waals surface area contributed by atoms with Gasteiger partial charge in [0.1, 0.15) is 6.33 Å². The van der Waals surface area contributed by atoms with Crippen LogP contribution >= 0.6 is 0 Å². The Labute approximate surface area is 143 Å². The maximum atomic E-state index is 12.4. The number of aromatic amines is 1. The van der Waals surface area contributed by atoms with E-state index in [1.54, 1.807) is 18.2 Å². The Kier molecular flexibility index (Phi) is 3.78. The molecule has 0 atom stereocenters. The fourth-order valence-electron chi connectivity index (χ4n) is 2.93. The van der Waals surface area contributed by atoms with Gasteiger partial charge >= 0.3 is 0 Å². The number of hydrogen-bond acceptors (Lipinski definition) is 3. The quantitative estimate of drug-likeness (QED) is 0.603. The van der Waals surface area contributed by atoms with Crippen LogP contribution in [0.4, 0.5) is 0 Å². The van der Waals surface area contributed by atoms with Gasteiger partial charge < -0.3 is 4.98 Å². The molecule has 6 heteroatoms. The molecule has 25 heavy (non-hydrogen) atoms. The molecule has 2 aromatic carbocycles. The van der Waals surface area contributed by atoms with E-state index in [-0.39, 0.29) is 17.9 Å². The number of carbonyl (C=O) groups excluding carboxylic acids is 1. The first kappa shape index (κ1) is 15.1. The van der Waals surface area contributed by atoms with Gasteiger partial charge in [-0.3, -0.25) is 15.0 Å². The molecular weight excluding hydrogens is 316 g/mol. The van der Waals surface area contributed by atoms with Crippen LogP contribution in [0.5, 0.6) is 0 Å². The van der Waals surface area contributed by atoms with Crippen molar-refractivity contribution >= 4 is 27.7 Å². The molecule has 0 bridgehead atoms. The largest absolute Gasteiger partial charge is 0.361 e. The van der Waals surface area contributed by atoms with Gasteiger partial charge in [0.2, 0.25) is 5.91 Å². The average molecular weight is 332 g/mol. The van der Waals surface area contributed by atoms with Crippen molar-refractivity contribution in [2.75, 3.05) is 5.43 Å². The molecule has 0 aliphatic carbocycles. The minimum Gasteiger partial charge on any atom is -0.361 e. The first-order valence-corrected chi connectivity index (χ1v) is 8.03. The van der Waals surface area contributed by atoms with E-state index in [2.05, 4.69) is 15.4 Å². The van der Waals surface area contributed by atoms with Crippen molar-refractivity contribution in [3.63, 3.8) is 0 Å². The number of carbonyl (C=O) groups is 1. The van der Waals surface area contributed by atoms with Gasteiger partial charge in [-0.05, 0) is 30.2 Å². The zero-order valence-electron chi connectivity index (χ0n) is 13.4. The number of aryl methyl sites for hydroxylation is 1. The highest BCUT2D eigenvalue weighted by Crippen LogP contribution is 2.18. The summed E-state index contributed by atoms with van der Waals surface area (Å²) in [5.74, 6) is -0.232. The number of hydrogen-bond donors (Lipinski definition) is 2. The van der Waals surface area contributed by atoms with Crippen molar-refractivity contribution in [3.05, 3.63) is 77.0 Å². The van der Waals surface area contributed by atoms with E-state index in [1.807, 2.05) is 36.5 Å². The van der Waals surface area contributed by atoms with E-state index in [0.717, 1.165) is 21.1 Å². The molecule has 2 aromatic heterocycles. The van der Waals surface area contributed by atoms with Crippen LogP contribution in [0.3, 0.4) is 0 Å². The first-order chi connectivity index (χ1) is 12.2. The van der Waals surface area contributed by atoms with Crippen LogP contribution in [0.25, 0.3) is 21.8 Å². The third-order valence-corrected chi connectivity index (χ3v) is 4.21. The number of amides is 1. The molecule has 0 saturated carbocycles. The van der Waals surface area contributed by atoms with Crippen LogP contribution in [0.15, 0.2) is 65.8 Å². The lowest BCUT2D eigenvalue weighted by atomic mass is 10.1. The van der Waals surface area contributed by atoms with E-state index in [4.69, 9.17) is 0 Å². The summed E-state index contributed by atoms with van der Waals surface area (Å²) in [6.45, 7) is 0. The predicted octanol–water partition coefficient (Wildman–Crippen LogP) is 2.58. The molecule has 0 aliphatic rings. The molecular formula is C19H16N4O2. The van der Waals surface area contributed by atoms with E-state index < -0.39 is 0 Å².